The number of rotatable bonds is 6. The summed E-state index contributed by atoms with van der Waals surface area (Å²) in [4.78, 5) is 24.7. The van der Waals surface area contributed by atoms with Crippen LogP contribution < -0.4 is 10.6 Å². The summed E-state index contributed by atoms with van der Waals surface area (Å²) in [6.07, 6.45) is 3.00. The Kier molecular flexibility index (Phi) is 6.95. The van der Waals surface area contributed by atoms with E-state index < -0.39 is 0 Å². The van der Waals surface area contributed by atoms with Crippen LogP contribution >= 0.6 is 11.6 Å². The molecule has 0 aliphatic heterocycles. The van der Waals surface area contributed by atoms with E-state index in [-0.39, 0.29) is 11.8 Å². The maximum atomic E-state index is 12.4. The number of hydrogen-bond donors (Lipinski definition) is 2. The van der Waals surface area contributed by atoms with Crippen LogP contribution in [0.1, 0.15) is 27.2 Å². The van der Waals surface area contributed by atoms with Crippen molar-refractivity contribution in [1.29, 1.82) is 0 Å². The molecule has 0 bridgehead atoms. The van der Waals surface area contributed by atoms with Gasteiger partial charge in [-0.1, -0.05) is 41.4 Å². The first-order chi connectivity index (χ1) is 16.4. The lowest BCUT2D eigenvalue weighted by Gasteiger charge is -2.07. The van der Waals surface area contributed by atoms with Gasteiger partial charge in [0, 0.05) is 33.6 Å². The molecule has 1 heterocycles. The second-order valence-electron chi connectivity index (χ2n) is 7.89. The summed E-state index contributed by atoms with van der Waals surface area (Å²) >= 11 is 6.19. The largest absolute Gasteiger partial charge is 0.457 e. The number of halogens is 1. The molecular formula is C28H23ClN2O3. The molecule has 5 nitrogen and oxygen atoms in total. The lowest BCUT2D eigenvalue weighted by Crippen LogP contribution is -2.12. The predicted molar refractivity (Wildman–Crippen MR) is 137 cm³/mol. The first-order valence-corrected chi connectivity index (χ1v) is 11.1. The van der Waals surface area contributed by atoms with E-state index in [0.29, 0.717) is 33.5 Å². The van der Waals surface area contributed by atoms with E-state index in [4.69, 9.17) is 16.0 Å². The second-order valence-corrected chi connectivity index (χ2v) is 8.30. The molecule has 0 spiro atoms. The molecule has 0 fully saturated rings. The van der Waals surface area contributed by atoms with Gasteiger partial charge in [0.05, 0.1) is 0 Å². The van der Waals surface area contributed by atoms with Gasteiger partial charge in [0.1, 0.15) is 11.5 Å². The maximum Gasteiger partial charge on any atom is 0.255 e. The number of nitrogens with one attached hydrogen (secondary N) is 2. The molecule has 170 valence electrons. The van der Waals surface area contributed by atoms with E-state index in [2.05, 4.69) is 10.6 Å². The minimum atomic E-state index is -0.298. The van der Waals surface area contributed by atoms with E-state index in [1.54, 1.807) is 42.5 Å². The minimum absolute atomic E-state index is 0.186. The topological polar surface area (TPSA) is 71.3 Å². The first kappa shape index (κ1) is 23.1. The van der Waals surface area contributed by atoms with Crippen LogP contribution in [-0.2, 0) is 4.79 Å². The average molecular weight is 471 g/mol. The van der Waals surface area contributed by atoms with E-state index in [1.165, 1.54) is 6.08 Å². The summed E-state index contributed by atoms with van der Waals surface area (Å²) in [5.74, 6) is 0.739. The van der Waals surface area contributed by atoms with E-state index >= 15 is 0 Å². The van der Waals surface area contributed by atoms with Gasteiger partial charge < -0.3 is 15.1 Å². The van der Waals surface area contributed by atoms with Crippen LogP contribution in [0.2, 0.25) is 5.02 Å². The molecule has 0 atom stereocenters. The summed E-state index contributed by atoms with van der Waals surface area (Å²) in [5, 5.41) is 6.31. The minimum Gasteiger partial charge on any atom is -0.457 e. The number of anilines is 2. The number of aryl methyl sites for hydroxylation is 2. The Bertz CT molecular complexity index is 1370. The zero-order valence-electron chi connectivity index (χ0n) is 18.8. The summed E-state index contributed by atoms with van der Waals surface area (Å²) in [7, 11) is 0. The van der Waals surface area contributed by atoms with Crippen LogP contribution in [0.25, 0.3) is 17.4 Å². The Hall–Kier alpha value is -4.09. The molecule has 6 heteroatoms. The fraction of sp³-hybridized carbons (Fsp3) is 0.0714. The van der Waals surface area contributed by atoms with Crippen molar-refractivity contribution in [3.05, 3.63) is 112 Å². The molecule has 0 unspecified atom stereocenters. The van der Waals surface area contributed by atoms with Gasteiger partial charge in [-0.15, -0.1) is 0 Å². The van der Waals surface area contributed by atoms with Crippen molar-refractivity contribution in [3.8, 4) is 11.3 Å². The third-order valence-electron chi connectivity index (χ3n) is 5.17. The zero-order chi connectivity index (χ0) is 24.1. The Morgan fingerprint density at radius 3 is 2.29 bits per heavy atom. The van der Waals surface area contributed by atoms with Gasteiger partial charge in [-0.25, -0.2) is 0 Å². The standard InChI is InChI=1S/C28H23ClN2O3/c1-18-4-3-5-21(16-18)28(33)31-23-10-8-22(9-11-23)30-27(32)15-13-24-12-14-26(34-24)20-7-6-19(2)25(29)17-20/h3-17H,1-2H3,(H,30,32)(H,31,33)/b15-13+. The van der Waals surface area contributed by atoms with Crippen molar-refractivity contribution < 1.29 is 14.0 Å². The molecule has 2 amide bonds. The fourth-order valence-electron chi connectivity index (χ4n) is 3.31. The number of benzene rings is 3. The van der Waals surface area contributed by atoms with Gasteiger partial charge in [0.25, 0.3) is 5.91 Å². The SMILES string of the molecule is Cc1cccc(C(=O)Nc2ccc(NC(=O)/C=C/c3ccc(-c4ccc(C)c(Cl)c4)o3)cc2)c1. The molecule has 1 aromatic heterocycles. The van der Waals surface area contributed by atoms with Gasteiger partial charge >= 0.3 is 0 Å². The van der Waals surface area contributed by atoms with Gasteiger partial charge in [0.2, 0.25) is 5.91 Å². The van der Waals surface area contributed by atoms with E-state index in [0.717, 1.165) is 16.7 Å². The fourth-order valence-corrected chi connectivity index (χ4v) is 3.49. The molecule has 4 rings (SSSR count). The number of hydrogen-bond acceptors (Lipinski definition) is 3. The van der Waals surface area contributed by atoms with Crippen molar-refractivity contribution in [2.75, 3.05) is 10.6 Å². The third-order valence-corrected chi connectivity index (χ3v) is 5.58. The molecule has 0 saturated heterocycles. The molecule has 0 saturated carbocycles. The summed E-state index contributed by atoms with van der Waals surface area (Å²) in [6, 6.07) is 23.6. The van der Waals surface area contributed by atoms with E-state index in [9.17, 15) is 9.59 Å². The van der Waals surface area contributed by atoms with Crippen molar-refractivity contribution in [1.82, 2.24) is 0 Å². The van der Waals surface area contributed by atoms with Crippen LogP contribution in [0.5, 0.6) is 0 Å². The number of furan rings is 1. The predicted octanol–water partition coefficient (Wildman–Crippen LogP) is 7.12. The highest BCUT2D eigenvalue weighted by Crippen LogP contribution is 2.27. The highest BCUT2D eigenvalue weighted by Gasteiger charge is 2.08. The zero-order valence-corrected chi connectivity index (χ0v) is 19.5. The molecular weight excluding hydrogens is 448 g/mol. The van der Waals surface area contributed by atoms with Crippen molar-refractivity contribution in [3.63, 3.8) is 0 Å². The molecule has 4 aromatic rings. The lowest BCUT2D eigenvalue weighted by molar-refractivity contribution is -0.111. The number of carbonyl (C=O) groups is 2. The Labute approximate surface area is 203 Å². The summed E-state index contributed by atoms with van der Waals surface area (Å²) < 4.78 is 5.80. The monoisotopic (exact) mass is 470 g/mol. The number of carbonyl (C=O) groups excluding carboxylic acids is 2. The van der Waals surface area contributed by atoms with Crippen LogP contribution in [0, 0.1) is 13.8 Å². The van der Waals surface area contributed by atoms with Crippen molar-refractivity contribution >= 4 is 40.9 Å². The molecule has 2 N–H and O–H groups in total. The van der Waals surface area contributed by atoms with Crippen LogP contribution in [0.4, 0.5) is 11.4 Å². The summed E-state index contributed by atoms with van der Waals surface area (Å²) in [5.41, 5.74) is 4.72. The average Bonchev–Trinajstić information content (AvgIpc) is 3.30. The van der Waals surface area contributed by atoms with Gasteiger partial charge in [-0.05, 0) is 80.1 Å². The Morgan fingerprint density at radius 2 is 1.59 bits per heavy atom. The van der Waals surface area contributed by atoms with Crippen LogP contribution in [0.15, 0.2) is 89.4 Å². The van der Waals surface area contributed by atoms with Crippen LogP contribution in [-0.4, -0.2) is 11.8 Å². The highest BCUT2D eigenvalue weighted by atomic mass is 35.5. The van der Waals surface area contributed by atoms with Crippen molar-refractivity contribution in [2.45, 2.75) is 13.8 Å². The third kappa shape index (κ3) is 5.82. The maximum absolute atomic E-state index is 12.4. The molecule has 34 heavy (non-hydrogen) atoms. The molecule has 3 aromatic carbocycles. The first-order valence-electron chi connectivity index (χ1n) is 10.7. The molecule has 0 aliphatic carbocycles. The molecule has 0 radical (unpaired) electrons. The number of amides is 2. The van der Waals surface area contributed by atoms with Crippen molar-refractivity contribution in [2.24, 2.45) is 0 Å². The van der Waals surface area contributed by atoms with Crippen LogP contribution in [0.3, 0.4) is 0 Å². The lowest BCUT2D eigenvalue weighted by atomic mass is 10.1. The molecule has 0 aliphatic rings. The smallest absolute Gasteiger partial charge is 0.255 e. The van der Waals surface area contributed by atoms with Gasteiger partial charge in [0.15, 0.2) is 0 Å². The summed E-state index contributed by atoms with van der Waals surface area (Å²) in [6.45, 7) is 3.88. The second kappa shape index (κ2) is 10.2. The Morgan fingerprint density at radius 1 is 0.853 bits per heavy atom. The van der Waals surface area contributed by atoms with E-state index in [1.807, 2.05) is 56.3 Å². The quantitative estimate of drug-likeness (QED) is 0.295. The van der Waals surface area contributed by atoms with Gasteiger partial charge in [-0.2, -0.15) is 0 Å². The normalized spacial score (nSPS) is 10.9. The Balaban J connectivity index is 1.34. The van der Waals surface area contributed by atoms with Gasteiger partial charge in [-0.3, -0.25) is 9.59 Å². The highest BCUT2D eigenvalue weighted by molar-refractivity contribution is 6.31.